The van der Waals surface area contributed by atoms with Crippen molar-refractivity contribution < 1.29 is 13.9 Å². The summed E-state index contributed by atoms with van der Waals surface area (Å²) in [5.41, 5.74) is 4.33. The normalized spacial score (nSPS) is 10.8. The summed E-state index contributed by atoms with van der Waals surface area (Å²) in [6, 6.07) is 14.5. The number of aromatic nitrogens is 2. The molecule has 0 atom stereocenters. The van der Waals surface area contributed by atoms with Gasteiger partial charge in [-0.1, -0.05) is 24.3 Å². The molecule has 5 nitrogen and oxygen atoms in total. The van der Waals surface area contributed by atoms with Gasteiger partial charge in [-0.2, -0.15) is 5.10 Å². The molecule has 0 unspecified atom stereocenters. The molecule has 2 aromatic carbocycles. The van der Waals surface area contributed by atoms with E-state index in [2.05, 4.69) is 16.5 Å². The molecule has 0 spiro atoms. The maximum absolute atomic E-state index is 13.8. The van der Waals surface area contributed by atoms with E-state index in [1.165, 1.54) is 17.4 Å². The van der Waals surface area contributed by atoms with Gasteiger partial charge in [0.05, 0.1) is 23.3 Å². The molecular formula is C24H22FN3O2S. The standard InChI is InChI=1S/C24H22FN3O2S/c1-16-7-17(2)9-21(8-16)30-14-18-10-23(31-15-18)24(29)27-20-11-26-28(13-20)12-19-5-3-4-6-22(19)25/h3-11,13,15H,12,14H2,1-2H3,(H,27,29). The Hall–Kier alpha value is -3.45. The van der Waals surface area contributed by atoms with Crippen LogP contribution in [0.15, 0.2) is 66.3 Å². The van der Waals surface area contributed by atoms with Gasteiger partial charge in [0.1, 0.15) is 18.2 Å². The van der Waals surface area contributed by atoms with Gasteiger partial charge in [0, 0.05) is 17.3 Å². The number of carbonyl (C=O) groups excluding carboxylic acids is 1. The van der Waals surface area contributed by atoms with Crippen molar-refractivity contribution in [1.82, 2.24) is 9.78 Å². The molecule has 0 bridgehead atoms. The average Bonchev–Trinajstić information content (AvgIpc) is 3.37. The number of hydrogen-bond donors (Lipinski definition) is 1. The summed E-state index contributed by atoms with van der Waals surface area (Å²) >= 11 is 1.36. The van der Waals surface area contributed by atoms with Crippen LogP contribution in [0.1, 0.15) is 31.9 Å². The minimum Gasteiger partial charge on any atom is -0.489 e. The third-order valence-corrected chi connectivity index (χ3v) is 5.64. The number of amides is 1. The molecule has 7 heteroatoms. The molecule has 31 heavy (non-hydrogen) atoms. The monoisotopic (exact) mass is 435 g/mol. The molecule has 4 aromatic rings. The Bertz CT molecular complexity index is 1190. The van der Waals surface area contributed by atoms with Crippen molar-refractivity contribution in [3.05, 3.63) is 99.3 Å². The maximum atomic E-state index is 13.8. The second-order valence-electron chi connectivity index (χ2n) is 7.40. The number of halogens is 1. The van der Waals surface area contributed by atoms with Crippen molar-refractivity contribution in [3.8, 4) is 5.75 Å². The summed E-state index contributed by atoms with van der Waals surface area (Å²) in [5, 5.41) is 8.95. The summed E-state index contributed by atoms with van der Waals surface area (Å²) < 4.78 is 21.3. The van der Waals surface area contributed by atoms with Gasteiger partial charge in [-0.05, 0) is 54.6 Å². The Labute approximate surface area is 184 Å². The van der Waals surface area contributed by atoms with E-state index in [1.807, 2.05) is 37.4 Å². The van der Waals surface area contributed by atoms with Crippen LogP contribution in [0.2, 0.25) is 0 Å². The van der Waals surface area contributed by atoms with Crippen LogP contribution < -0.4 is 10.1 Å². The first-order valence-corrected chi connectivity index (χ1v) is 10.7. The van der Waals surface area contributed by atoms with Gasteiger partial charge < -0.3 is 10.1 Å². The summed E-state index contributed by atoms with van der Waals surface area (Å²) in [6.45, 7) is 4.76. The molecule has 0 aliphatic heterocycles. The molecule has 2 heterocycles. The fourth-order valence-corrected chi connectivity index (χ4v) is 4.05. The summed E-state index contributed by atoms with van der Waals surface area (Å²) in [7, 11) is 0. The highest BCUT2D eigenvalue weighted by Gasteiger charge is 2.12. The SMILES string of the molecule is Cc1cc(C)cc(OCc2csc(C(=O)Nc3cnn(Cc4ccccc4F)c3)c2)c1. The maximum Gasteiger partial charge on any atom is 0.265 e. The number of benzene rings is 2. The number of ether oxygens (including phenoxy) is 1. The molecule has 1 amide bonds. The Morgan fingerprint density at radius 1 is 1.16 bits per heavy atom. The number of thiophene rings is 1. The van der Waals surface area contributed by atoms with Crippen LogP contribution in [0.25, 0.3) is 0 Å². The summed E-state index contributed by atoms with van der Waals surface area (Å²) in [4.78, 5) is 13.2. The number of hydrogen-bond acceptors (Lipinski definition) is 4. The number of rotatable bonds is 7. The average molecular weight is 436 g/mol. The van der Waals surface area contributed by atoms with Gasteiger partial charge in [0.15, 0.2) is 0 Å². The van der Waals surface area contributed by atoms with E-state index in [0.717, 1.165) is 22.4 Å². The van der Waals surface area contributed by atoms with Crippen molar-refractivity contribution in [2.75, 3.05) is 5.32 Å². The minimum atomic E-state index is -0.280. The number of anilines is 1. The van der Waals surface area contributed by atoms with Crippen LogP contribution >= 0.6 is 11.3 Å². The molecule has 0 fully saturated rings. The third-order valence-electron chi connectivity index (χ3n) is 4.66. The van der Waals surface area contributed by atoms with Crippen LogP contribution in [0, 0.1) is 19.7 Å². The topological polar surface area (TPSA) is 56.1 Å². The van der Waals surface area contributed by atoms with Crippen molar-refractivity contribution in [2.24, 2.45) is 0 Å². The second-order valence-corrected chi connectivity index (χ2v) is 8.31. The van der Waals surface area contributed by atoms with E-state index >= 15 is 0 Å². The highest BCUT2D eigenvalue weighted by atomic mass is 32.1. The van der Waals surface area contributed by atoms with Gasteiger partial charge in [-0.15, -0.1) is 11.3 Å². The fraction of sp³-hybridized carbons (Fsp3) is 0.167. The molecule has 0 saturated heterocycles. The lowest BCUT2D eigenvalue weighted by molar-refractivity contribution is 0.103. The quantitative estimate of drug-likeness (QED) is 0.412. The smallest absolute Gasteiger partial charge is 0.265 e. The second kappa shape index (κ2) is 9.14. The minimum absolute atomic E-state index is 0.215. The van der Waals surface area contributed by atoms with Gasteiger partial charge >= 0.3 is 0 Å². The molecule has 0 aliphatic rings. The molecule has 158 valence electrons. The van der Waals surface area contributed by atoms with Gasteiger partial charge in [-0.25, -0.2) is 4.39 Å². The van der Waals surface area contributed by atoms with Gasteiger partial charge in [-0.3, -0.25) is 9.48 Å². The highest BCUT2D eigenvalue weighted by molar-refractivity contribution is 7.12. The van der Waals surface area contributed by atoms with Crippen molar-refractivity contribution in [3.63, 3.8) is 0 Å². The Balaban J connectivity index is 1.35. The number of nitrogens with one attached hydrogen (secondary N) is 1. The lowest BCUT2D eigenvalue weighted by atomic mass is 10.1. The lowest BCUT2D eigenvalue weighted by Gasteiger charge is -2.07. The van der Waals surface area contributed by atoms with Crippen LogP contribution in [0.4, 0.5) is 10.1 Å². The van der Waals surface area contributed by atoms with Crippen LogP contribution in [-0.2, 0) is 13.2 Å². The number of carbonyl (C=O) groups is 1. The van der Waals surface area contributed by atoms with Crippen molar-refractivity contribution >= 4 is 22.9 Å². The molecule has 0 radical (unpaired) electrons. The first-order chi connectivity index (χ1) is 15.0. The van der Waals surface area contributed by atoms with E-state index in [9.17, 15) is 9.18 Å². The zero-order chi connectivity index (χ0) is 21.8. The Kier molecular flexibility index (Phi) is 6.13. The van der Waals surface area contributed by atoms with E-state index in [0.29, 0.717) is 29.3 Å². The van der Waals surface area contributed by atoms with E-state index in [-0.39, 0.29) is 11.7 Å². The number of aryl methyl sites for hydroxylation is 2. The Morgan fingerprint density at radius 3 is 2.71 bits per heavy atom. The van der Waals surface area contributed by atoms with Gasteiger partial charge in [0.2, 0.25) is 0 Å². The van der Waals surface area contributed by atoms with Crippen LogP contribution in [0.5, 0.6) is 5.75 Å². The summed E-state index contributed by atoms with van der Waals surface area (Å²) in [6.07, 6.45) is 3.23. The zero-order valence-corrected chi connectivity index (χ0v) is 18.1. The Morgan fingerprint density at radius 2 is 1.94 bits per heavy atom. The predicted molar refractivity (Wildman–Crippen MR) is 120 cm³/mol. The molecule has 2 aromatic heterocycles. The van der Waals surface area contributed by atoms with E-state index in [1.54, 1.807) is 35.3 Å². The van der Waals surface area contributed by atoms with E-state index in [4.69, 9.17) is 4.74 Å². The highest BCUT2D eigenvalue weighted by Crippen LogP contribution is 2.21. The van der Waals surface area contributed by atoms with Crippen molar-refractivity contribution in [2.45, 2.75) is 27.0 Å². The molecular weight excluding hydrogens is 413 g/mol. The molecule has 4 rings (SSSR count). The largest absolute Gasteiger partial charge is 0.489 e. The van der Waals surface area contributed by atoms with Crippen LogP contribution in [-0.4, -0.2) is 15.7 Å². The van der Waals surface area contributed by atoms with Crippen molar-refractivity contribution in [1.29, 1.82) is 0 Å². The first kappa shape index (κ1) is 20.8. The number of nitrogens with zero attached hydrogens (tertiary/aromatic N) is 2. The van der Waals surface area contributed by atoms with E-state index < -0.39 is 0 Å². The van der Waals surface area contributed by atoms with Gasteiger partial charge in [0.25, 0.3) is 5.91 Å². The zero-order valence-electron chi connectivity index (χ0n) is 17.3. The lowest BCUT2D eigenvalue weighted by Crippen LogP contribution is -2.09. The third kappa shape index (κ3) is 5.38. The fourth-order valence-electron chi connectivity index (χ4n) is 3.26. The molecule has 1 N–H and O–H groups in total. The first-order valence-electron chi connectivity index (χ1n) is 9.82. The van der Waals surface area contributed by atoms with Crippen LogP contribution in [0.3, 0.4) is 0 Å². The summed E-state index contributed by atoms with van der Waals surface area (Å²) in [5.74, 6) is 0.322. The molecule has 0 saturated carbocycles. The predicted octanol–water partition coefficient (Wildman–Crippen LogP) is 5.58. The molecule has 0 aliphatic carbocycles.